The summed E-state index contributed by atoms with van der Waals surface area (Å²) in [6.45, 7) is 0.592. The molecule has 2 N–H and O–H groups in total. The molecule has 0 radical (unpaired) electrons. The smallest absolute Gasteiger partial charge is 0.256 e. The van der Waals surface area contributed by atoms with Crippen LogP contribution in [0.25, 0.3) is 10.8 Å². The maximum Gasteiger partial charge on any atom is 0.256 e. The number of carbonyl (C=O) groups is 1. The summed E-state index contributed by atoms with van der Waals surface area (Å²) < 4.78 is 0. The second-order valence-corrected chi connectivity index (χ2v) is 5.88. The third-order valence-electron chi connectivity index (χ3n) is 3.38. The Hall–Kier alpha value is -2.40. The number of hydrogen-bond acceptors (Lipinski definition) is 4. The number of thiophene rings is 1. The van der Waals surface area contributed by atoms with Crippen molar-refractivity contribution >= 4 is 33.8 Å². The van der Waals surface area contributed by atoms with Crippen LogP contribution >= 0.6 is 11.3 Å². The fourth-order valence-electron chi connectivity index (χ4n) is 2.30. The van der Waals surface area contributed by atoms with E-state index in [2.05, 4.69) is 4.98 Å². The number of nitrogens with two attached hydrogens (primary N) is 1. The molecule has 1 amide bonds. The van der Waals surface area contributed by atoms with Crippen LogP contribution in [0.4, 0.5) is 5.82 Å². The molecule has 0 bridgehead atoms. The fraction of sp³-hybridized carbons (Fsp3) is 0.125. The van der Waals surface area contributed by atoms with Gasteiger partial charge in [0.25, 0.3) is 5.91 Å². The molecular formula is C16H15N3OS. The average molecular weight is 297 g/mol. The Bertz CT molecular complexity index is 783. The van der Waals surface area contributed by atoms with Gasteiger partial charge in [0.05, 0.1) is 12.1 Å². The molecule has 0 spiro atoms. The number of nitrogens with zero attached hydrogens (tertiary/aromatic N) is 2. The van der Waals surface area contributed by atoms with E-state index in [1.807, 2.05) is 41.8 Å². The summed E-state index contributed by atoms with van der Waals surface area (Å²) in [5.41, 5.74) is 6.46. The van der Waals surface area contributed by atoms with Gasteiger partial charge in [0.2, 0.25) is 0 Å². The molecule has 0 saturated carbocycles. The van der Waals surface area contributed by atoms with E-state index < -0.39 is 0 Å². The van der Waals surface area contributed by atoms with Gasteiger partial charge in [-0.15, -0.1) is 11.3 Å². The molecule has 2 heterocycles. The molecule has 3 rings (SSSR count). The molecule has 0 unspecified atom stereocenters. The number of anilines is 1. The summed E-state index contributed by atoms with van der Waals surface area (Å²) >= 11 is 1.64. The normalized spacial score (nSPS) is 10.7. The van der Waals surface area contributed by atoms with Gasteiger partial charge in [0.15, 0.2) is 0 Å². The van der Waals surface area contributed by atoms with Crippen molar-refractivity contribution in [2.45, 2.75) is 6.54 Å². The molecule has 0 fully saturated rings. The summed E-state index contributed by atoms with van der Waals surface area (Å²) in [5.74, 6) is 0.398. The monoisotopic (exact) mass is 297 g/mol. The van der Waals surface area contributed by atoms with Crippen LogP contribution in [-0.4, -0.2) is 22.8 Å². The van der Waals surface area contributed by atoms with E-state index in [1.165, 1.54) is 0 Å². The minimum Gasteiger partial charge on any atom is -0.383 e. The minimum absolute atomic E-state index is 0.0490. The molecule has 0 aliphatic heterocycles. The Morgan fingerprint density at radius 3 is 2.71 bits per heavy atom. The first-order valence-electron chi connectivity index (χ1n) is 6.58. The van der Waals surface area contributed by atoms with Crippen LogP contribution in [0.1, 0.15) is 15.2 Å². The lowest BCUT2D eigenvalue weighted by Gasteiger charge is -2.17. The first kappa shape index (κ1) is 13.6. The number of hydrogen-bond donors (Lipinski definition) is 1. The molecule has 21 heavy (non-hydrogen) atoms. The van der Waals surface area contributed by atoms with Crippen molar-refractivity contribution in [2.24, 2.45) is 0 Å². The van der Waals surface area contributed by atoms with E-state index in [0.29, 0.717) is 17.9 Å². The zero-order valence-corrected chi connectivity index (χ0v) is 12.4. The molecule has 0 atom stereocenters. The lowest BCUT2D eigenvalue weighted by molar-refractivity contribution is 0.0788. The average Bonchev–Trinajstić information content (AvgIpc) is 3.00. The van der Waals surface area contributed by atoms with Crippen molar-refractivity contribution in [1.29, 1.82) is 0 Å². The second-order valence-electron chi connectivity index (χ2n) is 4.84. The van der Waals surface area contributed by atoms with E-state index in [1.54, 1.807) is 29.5 Å². The van der Waals surface area contributed by atoms with Crippen LogP contribution in [0.5, 0.6) is 0 Å². The number of aromatic nitrogens is 1. The Balaban J connectivity index is 1.96. The molecule has 0 aliphatic rings. The molecule has 3 aromatic rings. The Morgan fingerprint density at radius 2 is 2.00 bits per heavy atom. The molecule has 0 aliphatic carbocycles. The molecule has 5 heteroatoms. The third kappa shape index (κ3) is 2.60. The summed E-state index contributed by atoms with van der Waals surface area (Å²) in [6, 6.07) is 11.6. The van der Waals surface area contributed by atoms with Crippen molar-refractivity contribution in [3.05, 3.63) is 58.4 Å². The molecular weight excluding hydrogens is 282 g/mol. The van der Waals surface area contributed by atoms with Gasteiger partial charge in [0.1, 0.15) is 5.82 Å². The Morgan fingerprint density at radius 1 is 1.24 bits per heavy atom. The highest BCUT2D eigenvalue weighted by molar-refractivity contribution is 7.09. The summed E-state index contributed by atoms with van der Waals surface area (Å²) in [6.07, 6.45) is 1.56. The lowest BCUT2D eigenvalue weighted by atomic mass is 10.1. The molecule has 106 valence electrons. The van der Waals surface area contributed by atoms with Gasteiger partial charge < -0.3 is 10.6 Å². The van der Waals surface area contributed by atoms with Crippen molar-refractivity contribution in [3.8, 4) is 0 Å². The number of benzene rings is 1. The molecule has 2 aromatic heterocycles. The third-order valence-corrected chi connectivity index (χ3v) is 4.24. The van der Waals surface area contributed by atoms with E-state index in [4.69, 9.17) is 5.73 Å². The van der Waals surface area contributed by atoms with Crippen LogP contribution in [0.2, 0.25) is 0 Å². The predicted molar refractivity (Wildman–Crippen MR) is 86.3 cm³/mol. The van der Waals surface area contributed by atoms with E-state index >= 15 is 0 Å². The zero-order chi connectivity index (χ0) is 14.8. The van der Waals surface area contributed by atoms with Gasteiger partial charge in [-0.3, -0.25) is 4.79 Å². The maximum atomic E-state index is 12.6. The summed E-state index contributed by atoms with van der Waals surface area (Å²) in [4.78, 5) is 19.6. The number of fused-ring (bicyclic) bond motifs is 1. The number of nitrogen functional groups attached to an aromatic ring is 1. The quantitative estimate of drug-likeness (QED) is 0.808. The van der Waals surface area contributed by atoms with E-state index in [9.17, 15) is 4.79 Å². The van der Waals surface area contributed by atoms with Gasteiger partial charge in [-0.25, -0.2) is 4.98 Å². The second kappa shape index (κ2) is 5.54. The summed E-state index contributed by atoms with van der Waals surface area (Å²) in [5, 5.41) is 3.66. The predicted octanol–water partition coefficient (Wildman–Crippen LogP) is 3.15. The van der Waals surface area contributed by atoms with Gasteiger partial charge in [0, 0.05) is 23.5 Å². The lowest BCUT2D eigenvalue weighted by Crippen LogP contribution is -2.26. The fourth-order valence-corrected chi connectivity index (χ4v) is 3.06. The van der Waals surface area contributed by atoms with Crippen LogP contribution in [0.3, 0.4) is 0 Å². The maximum absolute atomic E-state index is 12.6. The van der Waals surface area contributed by atoms with Gasteiger partial charge in [-0.2, -0.15) is 0 Å². The van der Waals surface area contributed by atoms with Crippen LogP contribution in [0, 0.1) is 0 Å². The minimum atomic E-state index is -0.0490. The van der Waals surface area contributed by atoms with Crippen molar-refractivity contribution in [1.82, 2.24) is 9.88 Å². The number of pyridine rings is 1. The molecule has 4 nitrogen and oxygen atoms in total. The van der Waals surface area contributed by atoms with E-state index in [0.717, 1.165) is 15.6 Å². The van der Waals surface area contributed by atoms with Crippen LogP contribution in [-0.2, 0) is 6.54 Å². The van der Waals surface area contributed by atoms with Crippen molar-refractivity contribution in [2.75, 3.05) is 12.8 Å². The van der Waals surface area contributed by atoms with Crippen molar-refractivity contribution in [3.63, 3.8) is 0 Å². The standard InChI is InChI=1S/C16H15N3OS/c1-19(10-11-5-4-8-21-11)16(20)14-9-18-15(17)13-7-3-2-6-12(13)14/h2-9H,10H2,1H3,(H2,17,18). The van der Waals surface area contributed by atoms with E-state index in [-0.39, 0.29) is 5.91 Å². The molecule has 0 saturated heterocycles. The van der Waals surface area contributed by atoms with Crippen molar-refractivity contribution < 1.29 is 4.79 Å². The highest BCUT2D eigenvalue weighted by Gasteiger charge is 2.16. The Labute approximate surface area is 126 Å². The first-order chi connectivity index (χ1) is 10.2. The number of carbonyl (C=O) groups excluding carboxylic acids is 1. The highest BCUT2D eigenvalue weighted by Crippen LogP contribution is 2.23. The first-order valence-corrected chi connectivity index (χ1v) is 7.46. The SMILES string of the molecule is CN(Cc1cccs1)C(=O)c1cnc(N)c2ccccc12. The number of amides is 1. The molecule has 1 aromatic carbocycles. The van der Waals surface area contributed by atoms with Gasteiger partial charge in [-0.1, -0.05) is 30.3 Å². The van der Waals surface area contributed by atoms with Gasteiger partial charge in [-0.05, 0) is 16.8 Å². The summed E-state index contributed by atoms with van der Waals surface area (Å²) in [7, 11) is 1.80. The topological polar surface area (TPSA) is 59.2 Å². The van der Waals surface area contributed by atoms with Crippen LogP contribution in [0.15, 0.2) is 48.0 Å². The van der Waals surface area contributed by atoms with Gasteiger partial charge >= 0.3 is 0 Å². The van der Waals surface area contributed by atoms with Crippen LogP contribution < -0.4 is 5.73 Å². The zero-order valence-electron chi connectivity index (χ0n) is 11.6. The highest BCUT2D eigenvalue weighted by atomic mass is 32.1. The number of rotatable bonds is 3. The Kier molecular flexibility index (Phi) is 3.58. The largest absolute Gasteiger partial charge is 0.383 e.